The van der Waals surface area contributed by atoms with E-state index in [0.717, 1.165) is 0 Å². The molecular formula is C10H9N3O. The third-order valence-electron chi connectivity index (χ3n) is 1.64. The Morgan fingerprint density at radius 3 is 2.79 bits per heavy atom. The Balaban J connectivity index is 3.08. The predicted octanol–water partition coefficient (Wildman–Crippen LogP) is 0.639. The molecule has 0 bridgehead atoms. The normalized spacial score (nSPS) is 9.93. The number of hydrogen-bond acceptors (Lipinski definition) is 3. The fourth-order valence-corrected chi connectivity index (χ4v) is 0.961. The van der Waals surface area contributed by atoms with Gasteiger partial charge in [0, 0.05) is 11.8 Å². The Kier molecular flexibility index (Phi) is 2.87. The summed E-state index contributed by atoms with van der Waals surface area (Å²) in [6, 6.07) is 6.79. The number of amides is 1. The van der Waals surface area contributed by atoms with Crippen LogP contribution in [-0.2, 0) is 4.79 Å². The molecule has 0 aliphatic rings. The SMILES string of the molecule is N#Cc1ccc(N)c(C=CC(N)=O)c1. The minimum absolute atomic E-state index is 0.489. The van der Waals surface area contributed by atoms with E-state index in [-0.39, 0.29) is 0 Å². The van der Waals surface area contributed by atoms with Gasteiger partial charge in [0.05, 0.1) is 11.6 Å². The number of carbonyl (C=O) groups excluding carboxylic acids is 1. The van der Waals surface area contributed by atoms with Crippen LogP contribution in [-0.4, -0.2) is 5.91 Å². The smallest absolute Gasteiger partial charge is 0.241 e. The zero-order valence-corrected chi connectivity index (χ0v) is 7.40. The van der Waals surface area contributed by atoms with E-state index in [1.807, 2.05) is 6.07 Å². The Morgan fingerprint density at radius 2 is 2.21 bits per heavy atom. The molecule has 0 saturated carbocycles. The van der Waals surface area contributed by atoms with Crippen molar-refractivity contribution < 1.29 is 4.79 Å². The molecule has 14 heavy (non-hydrogen) atoms. The molecule has 0 unspecified atom stereocenters. The summed E-state index contributed by atoms with van der Waals surface area (Å²) in [7, 11) is 0. The highest BCUT2D eigenvalue weighted by Crippen LogP contribution is 2.15. The molecule has 0 radical (unpaired) electrons. The number of anilines is 1. The van der Waals surface area contributed by atoms with Crippen molar-refractivity contribution in [2.24, 2.45) is 5.73 Å². The lowest BCUT2D eigenvalue weighted by Gasteiger charge is -1.99. The van der Waals surface area contributed by atoms with Crippen LogP contribution in [0.3, 0.4) is 0 Å². The maximum Gasteiger partial charge on any atom is 0.241 e. The van der Waals surface area contributed by atoms with Gasteiger partial charge in [0.15, 0.2) is 0 Å². The number of nitrogens with zero attached hydrogens (tertiary/aromatic N) is 1. The number of nitrogens with two attached hydrogens (primary N) is 2. The van der Waals surface area contributed by atoms with Gasteiger partial charge in [-0.15, -0.1) is 0 Å². The molecule has 0 spiro atoms. The molecule has 0 aromatic heterocycles. The molecule has 0 aliphatic heterocycles. The molecule has 70 valence electrons. The first-order valence-electron chi connectivity index (χ1n) is 3.90. The van der Waals surface area contributed by atoms with Crippen molar-refractivity contribution in [3.8, 4) is 6.07 Å². The quantitative estimate of drug-likeness (QED) is 0.525. The van der Waals surface area contributed by atoms with Gasteiger partial charge in [-0.25, -0.2) is 0 Å². The summed E-state index contributed by atoms with van der Waals surface area (Å²) in [5.41, 5.74) is 12.2. The fraction of sp³-hybridized carbons (Fsp3) is 0. The van der Waals surface area contributed by atoms with Gasteiger partial charge in [-0.05, 0) is 29.8 Å². The van der Waals surface area contributed by atoms with Crippen LogP contribution in [0.25, 0.3) is 6.08 Å². The maximum atomic E-state index is 10.5. The summed E-state index contributed by atoms with van der Waals surface area (Å²) in [5, 5.41) is 8.62. The number of hydrogen-bond donors (Lipinski definition) is 2. The standard InChI is InChI=1S/C10H9N3O/c11-6-7-1-3-9(12)8(5-7)2-4-10(13)14/h1-5H,12H2,(H2,13,14). The molecule has 0 atom stereocenters. The average molecular weight is 187 g/mol. The highest BCUT2D eigenvalue weighted by molar-refractivity contribution is 5.91. The minimum Gasteiger partial charge on any atom is -0.398 e. The first-order valence-corrected chi connectivity index (χ1v) is 3.90. The molecule has 1 aromatic carbocycles. The number of nitrogen functional groups attached to an aromatic ring is 1. The maximum absolute atomic E-state index is 10.5. The summed E-state index contributed by atoms with van der Waals surface area (Å²) in [5.74, 6) is -0.549. The summed E-state index contributed by atoms with van der Waals surface area (Å²) in [4.78, 5) is 10.5. The Bertz CT molecular complexity index is 429. The van der Waals surface area contributed by atoms with Gasteiger partial charge in [-0.3, -0.25) is 4.79 Å². The molecule has 0 aliphatic carbocycles. The van der Waals surface area contributed by atoms with E-state index < -0.39 is 5.91 Å². The molecule has 0 saturated heterocycles. The molecule has 0 fully saturated rings. The fourth-order valence-electron chi connectivity index (χ4n) is 0.961. The minimum atomic E-state index is -0.549. The number of nitriles is 1. The second-order valence-corrected chi connectivity index (χ2v) is 2.69. The van der Waals surface area contributed by atoms with Crippen molar-refractivity contribution in [2.75, 3.05) is 5.73 Å². The Morgan fingerprint density at radius 1 is 1.50 bits per heavy atom. The molecule has 4 heteroatoms. The van der Waals surface area contributed by atoms with E-state index in [2.05, 4.69) is 0 Å². The number of benzene rings is 1. The molecule has 1 rings (SSSR count). The number of primary amides is 1. The highest BCUT2D eigenvalue weighted by atomic mass is 16.1. The van der Waals surface area contributed by atoms with E-state index >= 15 is 0 Å². The predicted molar refractivity (Wildman–Crippen MR) is 53.8 cm³/mol. The molecule has 0 heterocycles. The van der Waals surface area contributed by atoms with Gasteiger partial charge in [0.25, 0.3) is 0 Å². The van der Waals surface area contributed by atoms with Gasteiger partial charge in [-0.1, -0.05) is 0 Å². The van der Waals surface area contributed by atoms with Crippen molar-refractivity contribution in [2.45, 2.75) is 0 Å². The van der Waals surface area contributed by atoms with Crippen molar-refractivity contribution in [3.63, 3.8) is 0 Å². The van der Waals surface area contributed by atoms with Crippen molar-refractivity contribution >= 4 is 17.7 Å². The number of rotatable bonds is 2. The number of carbonyl (C=O) groups is 1. The monoisotopic (exact) mass is 187 g/mol. The van der Waals surface area contributed by atoms with Crippen molar-refractivity contribution in [1.82, 2.24) is 0 Å². The summed E-state index contributed by atoms with van der Waals surface area (Å²) >= 11 is 0. The summed E-state index contributed by atoms with van der Waals surface area (Å²) < 4.78 is 0. The van der Waals surface area contributed by atoms with Crippen LogP contribution in [0.5, 0.6) is 0 Å². The second-order valence-electron chi connectivity index (χ2n) is 2.69. The summed E-state index contributed by atoms with van der Waals surface area (Å²) in [6.45, 7) is 0. The van der Waals surface area contributed by atoms with Crippen LogP contribution in [0.15, 0.2) is 24.3 Å². The molecule has 4 N–H and O–H groups in total. The highest BCUT2D eigenvalue weighted by Gasteiger charge is 1.97. The summed E-state index contributed by atoms with van der Waals surface area (Å²) in [6.07, 6.45) is 2.69. The third kappa shape index (κ3) is 2.35. The van der Waals surface area contributed by atoms with E-state index in [1.54, 1.807) is 18.2 Å². The van der Waals surface area contributed by atoms with Crippen LogP contribution in [0.2, 0.25) is 0 Å². The van der Waals surface area contributed by atoms with Crippen LogP contribution < -0.4 is 11.5 Å². The first kappa shape index (κ1) is 9.81. The average Bonchev–Trinajstić information content (AvgIpc) is 2.16. The molecular weight excluding hydrogens is 178 g/mol. The van der Waals surface area contributed by atoms with Crippen LogP contribution in [0.4, 0.5) is 5.69 Å². The second kappa shape index (κ2) is 4.10. The Labute approximate surface area is 81.4 Å². The topological polar surface area (TPSA) is 92.9 Å². The van der Waals surface area contributed by atoms with Gasteiger partial charge < -0.3 is 11.5 Å². The van der Waals surface area contributed by atoms with Gasteiger partial charge in [0.1, 0.15) is 0 Å². The van der Waals surface area contributed by atoms with E-state index in [4.69, 9.17) is 16.7 Å². The molecule has 1 amide bonds. The van der Waals surface area contributed by atoms with E-state index in [9.17, 15) is 4.79 Å². The van der Waals surface area contributed by atoms with Crippen LogP contribution in [0.1, 0.15) is 11.1 Å². The zero-order chi connectivity index (χ0) is 10.6. The Hall–Kier alpha value is -2.28. The third-order valence-corrected chi connectivity index (χ3v) is 1.64. The molecule has 4 nitrogen and oxygen atoms in total. The zero-order valence-electron chi connectivity index (χ0n) is 7.40. The van der Waals surface area contributed by atoms with Crippen LogP contribution >= 0.6 is 0 Å². The van der Waals surface area contributed by atoms with Gasteiger partial charge in [0.2, 0.25) is 5.91 Å². The van der Waals surface area contributed by atoms with Crippen molar-refractivity contribution in [3.05, 3.63) is 35.4 Å². The lowest BCUT2D eigenvalue weighted by molar-refractivity contribution is -0.113. The lowest BCUT2D eigenvalue weighted by Crippen LogP contribution is -2.05. The van der Waals surface area contributed by atoms with Gasteiger partial charge >= 0.3 is 0 Å². The van der Waals surface area contributed by atoms with E-state index in [1.165, 1.54) is 12.2 Å². The first-order chi connectivity index (χ1) is 6.63. The van der Waals surface area contributed by atoms with Gasteiger partial charge in [-0.2, -0.15) is 5.26 Å². The van der Waals surface area contributed by atoms with Crippen molar-refractivity contribution in [1.29, 1.82) is 5.26 Å². The lowest BCUT2D eigenvalue weighted by atomic mass is 10.1. The van der Waals surface area contributed by atoms with Crippen LogP contribution in [0, 0.1) is 11.3 Å². The molecule has 1 aromatic rings. The largest absolute Gasteiger partial charge is 0.398 e. The van der Waals surface area contributed by atoms with E-state index in [0.29, 0.717) is 16.8 Å².